The van der Waals surface area contributed by atoms with Crippen molar-refractivity contribution in [2.75, 3.05) is 0 Å². The number of carbonyl (C=O) groups excluding carboxylic acids is 1. The molecular weight excluding hydrogens is 300 g/mol. The molecule has 2 aromatic rings. The number of carbonyl (C=O) groups is 1. The molecular formula is C20H26N2O2. The highest BCUT2D eigenvalue weighted by Gasteiger charge is 2.14. The first-order valence-corrected chi connectivity index (χ1v) is 8.64. The molecule has 0 bridgehead atoms. The Hall–Kier alpha value is -2.36. The van der Waals surface area contributed by atoms with E-state index in [1.54, 1.807) is 6.92 Å². The maximum atomic E-state index is 12.2. The number of benzene rings is 2. The fourth-order valence-corrected chi connectivity index (χ4v) is 2.42. The lowest BCUT2D eigenvalue weighted by Crippen LogP contribution is -2.34. The monoisotopic (exact) mass is 326 g/mol. The highest BCUT2D eigenvalue weighted by molar-refractivity contribution is 5.87. The molecule has 0 saturated carbocycles. The van der Waals surface area contributed by atoms with Gasteiger partial charge in [0, 0.05) is 5.71 Å². The number of amides is 1. The van der Waals surface area contributed by atoms with Gasteiger partial charge < -0.3 is 4.74 Å². The molecule has 0 fully saturated rings. The molecule has 0 aliphatic heterocycles. The van der Waals surface area contributed by atoms with E-state index in [9.17, 15) is 4.79 Å². The van der Waals surface area contributed by atoms with Crippen LogP contribution in [-0.4, -0.2) is 17.7 Å². The smallest absolute Gasteiger partial charge is 0.280 e. The van der Waals surface area contributed by atoms with Crippen LogP contribution in [0.2, 0.25) is 0 Å². The van der Waals surface area contributed by atoms with Crippen LogP contribution < -0.4 is 10.2 Å². The minimum Gasteiger partial charge on any atom is -0.481 e. The van der Waals surface area contributed by atoms with E-state index >= 15 is 0 Å². The largest absolute Gasteiger partial charge is 0.481 e. The molecule has 2 rings (SSSR count). The first kappa shape index (κ1) is 18.0. The van der Waals surface area contributed by atoms with Crippen molar-refractivity contribution in [2.24, 2.45) is 5.10 Å². The molecule has 4 heteroatoms. The molecule has 128 valence electrons. The Morgan fingerprint density at radius 3 is 2.62 bits per heavy atom. The van der Waals surface area contributed by atoms with Crippen LogP contribution in [0.1, 0.15) is 46.5 Å². The summed E-state index contributed by atoms with van der Waals surface area (Å²) < 4.78 is 5.75. The number of nitrogens with one attached hydrogen (secondary N) is 1. The Morgan fingerprint density at radius 1 is 1.17 bits per heavy atom. The Labute approximate surface area is 143 Å². The second kappa shape index (κ2) is 9.06. The number of hydrogen-bond acceptors (Lipinski definition) is 3. The van der Waals surface area contributed by atoms with Gasteiger partial charge in [-0.15, -0.1) is 0 Å². The first-order chi connectivity index (χ1) is 11.6. The van der Waals surface area contributed by atoms with Crippen molar-refractivity contribution in [3.63, 3.8) is 0 Å². The molecule has 24 heavy (non-hydrogen) atoms. The van der Waals surface area contributed by atoms with Crippen LogP contribution >= 0.6 is 0 Å². The van der Waals surface area contributed by atoms with Gasteiger partial charge in [-0.1, -0.05) is 50.6 Å². The van der Waals surface area contributed by atoms with Crippen molar-refractivity contribution >= 4 is 22.4 Å². The zero-order valence-electron chi connectivity index (χ0n) is 14.7. The van der Waals surface area contributed by atoms with Crippen molar-refractivity contribution in [1.82, 2.24) is 5.43 Å². The van der Waals surface area contributed by atoms with Gasteiger partial charge in [0.1, 0.15) is 5.75 Å². The lowest BCUT2D eigenvalue weighted by molar-refractivity contribution is -0.127. The molecule has 2 aromatic carbocycles. The summed E-state index contributed by atoms with van der Waals surface area (Å²) in [5.74, 6) is 0.452. The van der Waals surface area contributed by atoms with Gasteiger partial charge in [0.2, 0.25) is 0 Å². The lowest BCUT2D eigenvalue weighted by atomic mass is 10.1. The highest BCUT2D eigenvalue weighted by Crippen LogP contribution is 2.21. The first-order valence-electron chi connectivity index (χ1n) is 8.64. The van der Waals surface area contributed by atoms with E-state index in [1.165, 1.54) is 0 Å². The van der Waals surface area contributed by atoms with E-state index < -0.39 is 6.10 Å². The number of nitrogens with zero attached hydrogens (tertiary/aromatic N) is 1. The summed E-state index contributed by atoms with van der Waals surface area (Å²) in [5, 5.41) is 6.47. The van der Waals surface area contributed by atoms with Gasteiger partial charge >= 0.3 is 0 Å². The van der Waals surface area contributed by atoms with Gasteiger partial charge in [0.15, 0.2) is 6.10 Å². The van der Waals surface area contributed by atoms with Crippen LogP contribution in [0.3, 0.4) is 0 Å². The number of hydrogen-bond donors (Lipinski definition) is 1. The maximum Gasteiger partial charge on any atom is 0.280 e. The van der Waals surface area contributed by atoms with Gasteiger partial charge in [-0.25, -0.2) is 5.43 Å². The molecule has 0 aliphatic carbocycles. The summed E-state index contributed by atoms with van der Waals surface area (Å²) in [4.78, 5) is 12.2. The number of rotatable bonds is 8. The number of hydrazone groups is 1. The average Bonchev–Trinajstić information content (AvgIpc) is 2.61. The molecule has 0 aromatic heterocycles. The predicted octanol–water partition coefficient (Wildman–Crippen LogP) is 4.68. The molecule has 1 amide bonds. The molecule has 0 aliphatic rings. The van der Waals surface area contributed by atoms with Crippen molar-refractivity contribution in [2.45, 2.75) is 52.6 Å². The summed E-state index contributed by atoms with van der Waals surface area (Å²) >= 11 is 0. The van der Waals surface area contributed by atoms with Crippen LogP contribution in [0.4, 0.5) is 0 Å². The molecule has 1 unspecified atom stereocenters. The van der Waals surface area contributed by atoms with Crippen LogP contribution in [0.5, 0.6) is 5.75 Å². The van der Waals surface area contributed by atoms with Crippen molar-refractivity contribution < 1.29 is 9.53 Å². The van der Waals surface area contributed by atoms with Crippen LogP contribution in [0, 0.1) is 0 Å². The Kier molecular flexibility index (Phi) is 6.79. The molecule has 1 N–H and O–H groups in total. The van der Waals surface area contributed by atoms with Crippen molar-refractivity contribution in [1.29, 1.82) is 0 Å². The quantitative estimate of drug-likeness (QED) is 0.565. The lowest BCUT2D eigenvalue weighted by Gasteiger charge is -2.14. The van der Waals surface area contributed by atoms with Gasteiger partial charge in [0.05, 0.1) is 0 Å². The van der Waals surface area contributed by atoms with E-state index in [4.69, 9.17) is 4.74 Å². The Morgan fingerprint density at radius 2 is 1.92 bits per heavy atom. The third-order valence-electron chi connectivity index (χ3n) is 3.95. The van der Waals surface area contributed by atoms with Gasteiger partial charge in [0.25, 0.3) is 5.91 Å². The van der Waals surface area contributed by atoms with Crippen LogP contribution in [0.25, 0.3) is 10.8 Å². The molecule has 0 saturated heterocycles. The molecule has 0 spiro atoms. The minimum absolute atomic E-state index is 0.231. The van der Waals surface area contributed by atoms with Crippen molar-refractivity contribution in [3.05, 3.63) is 42.5 Å². The standard InChI is InChI=1S/C20H26N2O2/c1-4-6-11-18(5-2)21-22-20(23)15(3)24-19-13-12-16-9-7-8-10-17(16)14-19/h7-10,12-15H,4-6,11H2,1-3H3,(H,22,23)/b21-18+. The van der Waals surface area contributed by atoms with Crippen molar-refractivity contribution in [3.8, 4) is 5.75 Å². The topological polar surface area (TPSA) is 50.7 Å². The van der Waals surface area contributed by atoms with Gasteiger partial charge in [-0.2, -0.15) is 5.10 Å². The second-order valence-corrected chi connectivity index (χ2v) is 5.88. The maximum absolute atomic E-state index is 12.2. The predicted molar refractivity (Wildman–Crippen MR) is 99.4 cm³/mol. The zero-order valence-corrected chi connectivity index (χ0v) is 14.7. The fourth-order valence-electron chi connectivity index (χ4n) is 2.42. The summed E-state index contributed by atoms with van der Waals surface area (Å²) in [7, 11) is 0. The highest BCUT2D eigenvalue weighted by atomic mass is 16.5. The average molecular weight is 326 g/mol. The summed E-state index contributed by atoms with van der Waals surface area (Å²) in [5.41, 5.74) is 3.64. The fraction of sp³-hybridized carbons (Fsp3) is 0.400. The van der Waals surface area contributed by atoms with Crippen LogP contribution in [0.15, 0.2) is 47.6 Å². The summed E-state index contributed by atoms with van der Waals surface area (Å²) in [6, 6.07) is 13.9. The third kappa shape index (κ3) is 5.08. The Bertz CT molecular complexity index is 710. The van der Waals surface area contributed by atoms with E-state index in [0.29, 0.717) is 5.75 Å². The number of fused-ring (bicyclic) bond motifs is 1. The summed E-state index contributed by atoms with van der Waals surface area (Å²) in [6.45, 7) is 5.93. The molecule has 4 nitrogen and oxygen atoms in total. The zero-order chi connectivity index (χ0) is 17.4. The molecule has 1 atom stereocenters. The number of ether oxygens (including phenoxy) is 1. The van der Waals surface area contributed by atoms with E-state index in [1.807, 2.05) is 42.5 Å². The normalized spacial score (nSPS) is 12.9. The molecule has 0 radical (unpaired) electrons. The minimum atomic E-state index is -0.598. The summed E-state index contributed by atoms with van der Waals surface area (Å²) in [6.07, 6.45) is 3.38. The Balaban J connectivity index is 1.95. The SMILES string of the molecule is CCCC/C(CC)=N/NC(=O)C(C)Oc1ccc2ccccc2c1. The van der Waals surface area contributed by atoms with E-state index in [0.717, 1.165) is 42.2 Å². The number of unbranched alkanes of at least 4 members (excludes halogenated alkanes) is 1. The van der Waals surface area contributed by atoms with E-state index in [-0.39, 0.29) is 5.91 Å². The van der Waals surface area contributed by atoms with E-state index in [2.05, 4.69) is 24.4 Å². The molecule has 0 heterocycles. The van der Waals surface area contributed by atoms with Crippen LogP contribution in [-0.2, 0) is 4.79 Å². The second-order valence-electron chi connectivity index (χ2n) is 5.88. The third-order valence-corrected chi connectivity index (χ3v) is 3.95. The van der Waals surface area contributed by atoms with Gasteiger partial charge in [-0.05, 0) is 49.1 Å². The van der Waals surface area contributed by atoms with Gasteiger partial charge in [-0.3, -0.25) is 4.79 Å².